The first kappa shape index (κ1) is 30.3. The summed E-state index contributed by atoms with van der Waals surface area (Å²) in [5.41, 5.74) is 4.73. The molecular formula is C25H39N5O10. The van der Waals surface area contributed by atoms with Crippen LogP contribution >= 0.6 is 0 Å². The molecule has 3 aliphatic heterocycles. The molecule has 4 rings (SSSR count). The van der Waals surface area contributed by atoms with E-state index in [1.54, 1.807) is 0 Å². The number of nitrogens with one attached hydrogen (secondary N) is 2. The zero-order valence-electron chi connectivity index (χ0n) is 22.8. The van der Waals surface area contributed by atoms with E-state index in [9.17, 15) is 29.1 Å². The minimum atomic E-state index is -1.89. The van der Waals surface area contributed by atoms with Gasteiger partial charge >= 0.3 is 29.8 Å². The molecule has 0 radical (unpaired) electrons. The summed E-state index contributed by atoms with van der Waals surface area (Å²) in [5.74, 6) is -9.86. The number of carbonyl (C=O) groups is 5. The molecule has 3 heterocycles. The van der Waals surface area contributed by atoms with E-state index in [-0.39, 0.29) is 12.1 Å². The highest BCUT2D eigenvalue weighted by molar-refractivity contribution is 5.98. The summed E-state index contributed by atoms with van der Waals surface area (Å²) >= 11 is 0. The monoisotopic (exact) mass is 569 g/mol. The van der Waals surface area contributed by atoms with Crippen molar-refractivity contribution in [3.8, 4) is 0 Å². The van der Waals surface area contributed by atoms with Crippen LogP contribution in [0.2, 0.25) is 0 Å². The third-order valence-corrected chi connectivity index (χ3v) is 7.91. The average Bonchev–Trinajstić information content (AvgIpc) is 3.45. The van der Waals surface area contributed by atoms with E-state index in [4.69, 9.17) is 24.9 Å². The van der Waals surface area contributed by atoms with Crippen LogP contribution < -0.4 is 16.4 Å². The van der Waals surface area contributed by atoms with E-state index >= 15 is 0 Å². The molecule has 0 bridgehead atoms. The molecular weight excluding hydrogens is 530 g/mol. The number of hydroxylamine groups is 4. The Morgan fingerprint density at radius 3 is 2.12 bits per heavy atom. The van der Waals surface area contributed by atoms with Crippen LogP contribution in [0, 0.1) is 11.8 Å². The van der Waals surface area contributed by atoms with Crippen LogP contribution in [0.4, 0.5) is 0 Å². The van der Waals surface area contributed by atoms with Gasteiger partial charge in [0.15, 0.2) is 12.2 Å². The number of nitrogens with zero attached hydrogens (tertiary/aromatic N) is 2. The van der Waals surface area contributed by atoms with Crippen LogP contribution in [-0.2, 0) is 43.1 Å². The molecule has 1 saturated carbocycles. The minimum Gasteiger partial charge on any atom is -0.481 e. The highest BCUT2D eigenvalue weighted by Gasteiger charge is 2.60. The Labute approximate surface area is 231 Å². The minimum absolute atomic E-state index is 0.236. The van der Waals surface area contributed by atoms with Crippen molar-refractivity contribution in [2.45, 2.75) is 75.8 Å². The number of carboxylic acids is 1. The molecule has 0 aromatic carbocycles. The van der Waals surface area contributed by atoms with Crippen molar-refractivity contribution >= 4 is 29.8 Å². The van der Waals surface area contributed by atoms with E-state index < -0.39 is 59.4 Å². The Balaban J connectivity index is 1.58. The normalized spacial score (nSPS) is 33.1. The van der Waals surface area contributed by atoms with Gasteiger partial charge < -0.3 is 40.6 Å². The summed E-state index contributed by atoms with van der Waals surface area (Å²) in [7, 11) is 0. The number of nitrogens with two attached hydrogens (primary N) is 1. The standard InChI is InChI=1S/C25H39N5O10/c1-14-12-28-13-15(2)30(14)40-23(35)18-16(20(31)32)17(21(33)38-24(36)25(26)6-3-4-7-25)19(37-18)22(34)39-29-10-5-8-27-9-11-29/h14-19,27-28H,3-13,26H2,1-2H3,(H,31,32). The summed E-state index contributed by atoms with van der Waals surface area (Å²) in [6.07, 6.45) is -1.08. The number of aliphatic carboxylic acids is 1. The number of hydrogen-bond acceptors (Lipinski definition) is 14. The number of esters is 2. The van der Waals surface area contributed by atoms with Gasteiger partial charge in [0, 0.05) is 32.7 Å². The molecule has 1 aliphatic carbocycles. The molecule has 6 unspecified atom stereocenters. The summed E-state index contributed by atoms with van der Waals surface area (Å²) in [6.45, 7) is 6.64. The maximum Gasteiger partial charge on any atom is 0.355 e. The van der Waals surface area contributed by atoms with Gasteiger partial charge in [-0.3, -0.25) is 9.59 Å². The first-order valence-electron chi connectivity index (χ1n) is 13.8. The smallest absolute Gasteiger partial charge is 0.355 e. The summed E-state index contributed by atoms with van der Waals surface area (Å²) in [5, 5.41) is 19.2. The average molecular weight is 570 g/mol. The van der Waals surface area contributed by atoms with Crippen molar-refractivity contribution in [1.82, 2.24) is 20.8 Å². The van der Waals surface area contributed by atoms with Crippen molar-refractivity contribution in [2.24, 2.45) is 17.6 Å². The van der Waals surface area contributed by atoms with Crippen molar-refractivity contribution in [3.63, 3.8) is 0 Å². The van der Waals surface area contributed by atoms with Crippen molar-refractivity contribution < 1.29 is 48.2 Å². The van der Waals surface area contributed by atoms with Crippen molar-refractivity contribution in [3.05, 3.63) is 0 Å². The second kappa shape index (κ2) is 12.9. The SMILES string of the molecule is CC1CNCC(C)N1OC(=O)C1OC(C(=O)ON2CCCNCC2)C(C(=O)OC(=O)C2(N)CCCC2)C1C(=O)O. The highest BCUT2D eigenvalue weighted by Crippen LogP contribution is 2.37. The van der Waals surface area contributed by atoms with E-state index in [1.807, 2.05) is 13.8 Å². The molecule has 15 heteroatoms. The Morgan fingerprint density at radius 2 is 1.48 bits per heavy atom. The fraction of sp³-hybridized carbons (Fsp3) is 0.800. The van der Waals surface area contributed by atoms with Gasteiger partial charge in [-0.1, -0.05) is 12.8 Å². The van der Waals surface area contributed by atoms with Crippen LogP contribution in [0.5, 0.6) is 0 Å². The van der Waals surface area contributed by atoms with Gasteiger partial charge in [0.2, 0.25) is 0 Å². The van der Waals surface area contributed by atoms with Crippen molar-refractivity contribution in [2.75, 3.05) is 39.3 Å². The zero-order chi connectivity index (χ0) is 29.0. The largest absolute Gasteiger partial charge is 0.481 e. The van der Waals surface area contributed by atoms with Gasteiger partial charge in [-0.25, -0.2) is 14.4 Å². The van der Waals surface area contributed by atoms with Gasteiger partial charge in [-0.15, -0.1) is 10.1 Å². The predicted octanol–water partition coefficient (Wildman–Crippen LogP) is -1.69. The quantitative estimate of drug-likeness (QED) is 0.200. The van der Waals surface area contributed by atoms with Crippen LogP contribution in [-0.4, -0.2) is 114 Å². The maximum atomic E-state index is 13.3. The summed E-state index contributed by atoms with van der Waals surface area (Å²) in [4.78, 5) is 76.2. The lowest BCUT2D eigenvalue weighted by Gasteiger charge is -2.37. The first-order valence-corrected chi connectivity index (χ1v) is 13.8. The zero-order valence-corrected chi connectivity index (χ0v) is 22.8. The van der Waals surface area contributed by atoms with E-state index in [0.29, 0.717) is 71.4 Å². The van der Waals surface area contributed by atoms with Gasteiger partial charge in [-0.2, -0.15) is 0 Å². The van der Waals surface area contributed by atoms with Gasteiger partial charge in [0.1, 0.15) is 17.4 Å². The maximum absolute atomic E-state index is 13.3. The van der Waals surface area contributed by atoms with Crippen LogP contribution in [0.15, 0.2) is 0 Å². The molecule has 4 aliphatic rings. The van der Waals surface area contributed by atoms with Crippen molar-refractivity contribution in [1.29, 1.82) is 0 Å². The summed E-state index contributed by atoms with van der Waals surface area (Å²) < 4.78 is 10.7. The number of ether oxygens (including phenoxy) is 2. The van der Waals surface area contributed by atoms with Crippen LogP contribution in [0.25, 0.3) is 0 Å². The fourth-order valence-corrected chi connectivity index (χ4v) is 5.68. The second-order valence-corrected chi connectivity index (χ2v) is 11.0. The molecule has 0 amide bonds. The Bertz CT molecular complexity index is 971. The van der Waals surface area contributed by atoms with Crippen LogP contribution in [0.3, 0.4) is 0 Å². The first-order chi connectivity index (χ1) is 19.0. The second-order valence-electron chi connectivity index (χ2n) is 11.0. The Morgan fingerprint density at radius 1 is 0.850 bits per heavy atom. The number of hydrogen-bond donors (Lipinski definition) is 4. The number of rotatable bonds is 7. The molecule has 3 saturated heterocycles. The summed E-state index contributed by atoms with van der Waals surface area (Å²) in [6, 6.07) is -0.472. The van der Waals surface area contributed by atoms with E-state index in [0.717, 1.165) is 0 Å². The van der Waals surface area contributed by atoms with Gasteiger partial charge in [0.05, 0.1) is 12.1 Å². The van der Waals surface area contributed by atoms with E-state index in [1.165, 1.54) is 10.1 Å². The van der Waals surface area contributed by atoms with E-state index in [2.05, 4.69) is 10.6 Å². The molecule has 6 atom stereocenters. The topological polar surface area (TPSA) is 199 Å². The highest BCUT2D eigenvalue weighted by atomic mass is 16.7. The molecule has 224 valence electrons. The van der Waals surface area contributed by atoms with Crippen LogP contribution in [0.1, 0.15) is 46.0 Å². The number of carbonyl (C=O) groups excluding carboxylic acids is 4. The lowest BCUT2D eigenvalue weighted by atomic mass is 9.86. The Hall–Kier alpha value is -2.69. The molecule has 0 spiro atoms. The predicted molar refractivity (Wildman–Crippen MR) is 135 cm³/mol. The molecule has 0 aromatic rings. The van der Waals surface area contributed by atoms with Gasteiger partial charge in [-0.05, 0) is 39.7 Å². The molecule has 40 heavy (non-hydrogen) atoms. The fourth-order valence-electron chi connectivity index (χ4n) is 5.68. The molecule has 15 nitrogen and oxygen atoms in total. The number of carboxylic acid groups (broad SMARTS) is 1. The third-order valence-electron chi connectivity index (χ3n) is 7.91. The molecule has 0 aromatic heterocycles. The third kappa shape index (κ3) is 6.61. The molecule has 5 N–H and O–H groups in total. The lowest BCUT2D eigenvalue weighted by molar-refractivity contribution is -0.230. The Kier molecular flexibility index (Phi) is 9.74. The molecule has 4 fully saturated rings. The lowest BCUT2D eigenvalue weighted by Crippen LogP contribution is -2.56. The van der Waals surface area contributed by atoms with Gasteiger partial charge in [0.25, 0.3) is 0 Å². The number of piperazine rings is 1.